The molecular formula is C17H18N4O3. The quantitative estimate of drug-likeness (QED) is 0.791. The van der Waals surface area contributed by atoms with Gasteiger partial charge in [0.05, 0.1) is 35.6 Å². The second kappa shape index (κ2) is 6.27. The Hall–Kier alpha value is -2.96. The highest BCUT2D eigenvalue weighted by Gasteiger charge is 2.20. The normalized spacial score (nSPS) is 11.0. The highest BCUT2D eigenvalue weighted by atomic mass is 16.5. The topological polar surface area (TPSA) is 90.1 Å². The zero-order valence-corrected chi connectivity index (χ0v) is 14.0. The minimum atomic E-state index is -0.262. The zero-order chi connectivity index (χ0) is 17.3. The molecule has 0 radical (unpaired) electrons. The van der Waals surface area contributed by atoms with Gasteiger partial charge in [-0.15, -0.1) is 0 Å². The number of nitrogens with zero attached hydrogens (tertiary/aromatic N) is 3. The number of fused-ring (bicyclic) bond motifs is 1. The minimum absolute atomic E-state index is 0.161. The summed E-state index contributed by atoms with van der Waals surface area (Å²) in [6.07, 6.45) is 1.54. The minimum Gasteiger partial charge on any atom is -0.481 e. The van der Waals surface area contributed by atoms with Gasteiger partial charge in [0, 0.05) is 11.8 Å². The average molecular weight is 326 g/mol. The van der Waals surface area contributed by atoms with Gasteiger partial charge in [0.15, 0.2) is 0 Å². The molecule has 0 aliphatic rings. The maximum absolute atomic E-state index is 12.7. The molecule has 3 aromatic rings. The van der Waals surface area contributed by atoms with Crippen LogP contribution in [0.5, 0.6) is 5.88 Å². The summed E-state index contributed by atoms with van der Waals surface area (Å²) in [6.45, 7) is 5.80. The number of ether oxygens (including phenoxy) is 1. The van der Waals surface area contributed by atoms with Crippen molar-refractivity contribution in [1.29, 1.82) is 0 Å². The fourth-order valence-corrected chi connectivity index (χ4v) is 2.36. The number of methoxy groups -OCH3 is 1. The number of hydrogen-bond donors (Lipinski definition) is 1. The Morgan fingerprint density at radius 1 is 1.33 bits per heavy atom. The first-order chi connectivity index (χ1) is 11.5. The van der Waals surface area contributed by atoms with E-state index >= 15 is 0 Å². The van der Waals surface area contributed by atoms with Gasteiger partial charge in [0.1, 0.15) is 0 Å². The summed E-state index contributed by atoms with van der Waals surface area (Å²) >= 11 is 0. The number of anilines is 1. The van der Waals surface area contributed by atoms with Crippen molar-refractivity contribution in [3.63, 3.8) is 0 Å². The van der Waals surface area contributed by atoms with Gasteiger partial charge in [-0.3, -0.25) is 4.79 Å². The standard InChI is InChI=1S/C17H18N4O3/c1-9(2)13-7-12(15-10(3)21-24-17(15)20-13)16(22)19-11-5-6-14(23-4)18-8-11/h5-9H,1-4H3,(H,19,22). The molecule has 0 saturated carbocycles. The van der Waals surface area contributed by atoms with Crippen molar-refractivity contribution in [3.05, 3.63) is 41.3 Å². The number of hydrogen-bond acceptors (Lipinski definition) is 6. The van der Waals surface area contributed by atoms with E-state index < -0.39 is 0 Å². The SMILES string of the molecule is COc1ccc(NC(=O)c2cc(C(C)C)nc3onc(C)c23)cn1. The van der Waals surface area contributed by atoms with Crippen molar-refractivity contribution in [2.24, 2.45) is 0 Å². The highest BCUT2D eigenvalue weighted by molar-refractivity contribution is 6.12. The van der Waals surface area contributed by atoms with E-state index in [1.54, 1.807) is 31.3 Å². The number of carbonyl (C=O) groups is 1. The third-order valence-electron chi connectivity index (χ3n) is 3.68. The smallest absolute Gasteiger partial charge is 0.259 e. The molecule has 0 saturated heterocycles. The van der Waals surface area contributed by atoms with E-state index in [1.807, 2.05) is 13.8 Å². The van der Waals surface area contributed by atoms with Crippen LogP contribution in [0.25, 0.3) is 11.1 Å². The molecule has 1 amide bonds. The molecule has 0 aromatic carbocycles. The van der Waals surface area contributed by atoms with Crippen LogP contribution in [0.2, 0.25) is 0 Å². The van der Waals surface area contributed by atoms with Crippen molar-refractivity contribution < 1.29 is 14.1 Å². The first-order valence-electron chi connectivity index (χ1n) is 7.58. The fourth-order valence-electron chi connectivity index (χ4n) is 2.36. The Labute approximate surface area is 139 Å². The number of aryl methyl sites for hydroxylation is 1. The molecule has 1 N–H and O–H groups in total. The molecule has 124 valence electrons. The number of carbonyl (C=O) groups excluding carboxylic acids is 1. The van der Waals surface area contributed by atoms with Crippen molar-refractivity contribution in [3.8, 4) is 5.88 Å². The lowest BCUT2D eigenvalue weighted by Gasteiger charge is -2.09. The van der Waals surface area contributed by atoms with Crippen LogP contribution < -0.4 is 10.1 Å². The van der Waals surface area contributed by atoms with E-state index in [9.17, 15) is 4.79 Å². The molecule has 24 heavy (non-hydrogen) atoms. The summed E-state index contributed by atoms with van der Waals surface area (Å²) in [6, 6.07) is 5.19. The summed E-state index contributed by atoms with van der Waals surface area (Å²) in [4.78, 5) is 21.2. The van der Waals surface area contributed by atoms with Crippen LogP contribution in [0.3, 0.4) is 0 Å². The maximum atomic E-state index is 12.7. The molecule has 0 aliphatic heterocycles. The number of rotatable bonds is 4. The van der Waals surface area contributed by atoms with Gasteiger partial charge in [-0.1, -0.05) is 19.0 Å². The Kier molecular flexibility index (Phi) is 4.16. The van der Waals surface area contributed by atoms with E-state index in [4.69, 9.17) is 9.26 Å². The summed E-state index contributed by atoms with van der Waals surface area (Å²) in [5.74, 6) is 0.382. The number of aromatic nitrogens is 3. The molecular weight excluding hydrogens is 308 g/mol. The van der Waals surface area contributed by atoms with E-state index in [1.165, 1.54) is 7.11 Å². The average Bonchev–Trinajstić information content (AvgIpc) is 2.96. The van der Waals surface area contributed by atoms with Crippen LogP contribution in [-0.2, 0) is 0 Å². The van der Waals surface area contributed by atoms with Crippen molar-refractivity contribution in [2.45, 2.75) is 26.7 Å². The molecule has 3 aromatic heterocycles. The van der Waals surface area contributed by atoms with E-state index in [-0.39, 0.29) is 11.8 Å². The molecule has 0 fully saturated rings. The molecule has 0 aliphatic carbocycles. The van der Waals surface area contributed by atoms with Gasteiger partial charge in [0.25, 0.3) is 11.6 Å². The molecule has 0 atom stereocenters. The van der Waals surface area contributed by atoms with Gasteiger partial charge in [0.2, 0.25) is 5.88 Å². The van der Waals surface area contributed by atoms with Crippen LogP contribution in [0.4, 0.5) is 5.69 Å². The third kappa shape index (κ3) is 2.92. The van der Waals surface area contributed by atoms with Crippen LogP contribution in [0, 0.1) is 6.92 Å². The van der Waals surface area contributed by atoms with Gasteiger partial charge in [-0.25, -0.2) is 9.97 Å². The van der Waals surface area contributed by atoms with Gasteiger partial charge in [-0.05, 0) is 25.0 Å². The lowest BCUT2D eigenvalue weighted by molar-refractivity contribution is 0.102. The fraction of sp³-hybridized carbons (Fsp3) is 0.294. The Morgan fingerprint density at radius 2 is 2.12 bits per heavy atom. The van der Waals surface area contributed by atoms with Crippen LogP contribution in [-0.4, -0.2) is 28.1 Å². The first-order valence-corrected chi connectivity index (χ1v) is 7.58. The van der Waals surface area contributed by atoms with E-state index in [0.717, 1.165) is 5.69 Å². The van der Waals surface area contributed by atoms with Crippen molar-refractivity contribution in [2.75, 3.05) is 12.4 Å². The number of pyridine rings is 2. The summed E-state index contributed by atoms with van der Waals surface area (Å²) < 4.78 is 10.3. The molecule has 3 rings (SSSR count). The van der Waals surface area contributed by atoms with E-state index in [2.05, 4.69) is 20.4 Å². The van der Waals surface area contributed by atoms with Gasteiger partial charge >= 0.3 is 0 Å². The lowest BCUT2D eigenvalue weighted by atomic mass is 10.0. The van der Waals surface area contributed by atoms with Crippen LogP contribution in [0.15, 0.2) is 28.9 Å². The summed E-state index contributed by atoms with van der Waals surface area (Å²) in [5.41, 5.74) is 2.84. The van der Waals surface area contributed by atoms with Crippen molar-refractivity contribution >= 4 is 22.7 Å². The van der Waals surface area contributed by atoms with Crippen LogP contribution in [0.1, 0.15) is 41.5 Å². The van der Waals surface area contributed by atoms with Crippen LogP contribution >= 0.6 is 0 Å². The lowest BCUT2D eigenvalue weighted by Crippen LogP contribution is -2.14. The second-order valence-electron chi connectivity index (χ2n) is 5.74. The second-order valence-corrected chi connectivity index (χ2v) is 5.74. The van der Waals surface area contributed by atoms with Gasteiger partial charge in [-0.2, -0.15) is 0 Å². The Bertz CT molecular complexity index is 885. The first kappa shape index (κ1) is 15.9. The monoisotopic (exact) mass is 326 g/mol. The Balaban J connectivity index is 1.99. The van der Waals surface area contributed by atoms with E-state index in [0.29, 0.717) is 33.9 Å². The molecule has 0 spiro atoms. The Morgan fingerprint density at radius 3 is 2.75 bits per heavy atom. The number of nitrogens with one attached hydrogen (secondary N) is 1. The summed E-state index contributed by atoms with van der Waals surface area (Å²) in [5, 5.41) is 7.38. The molecule has 3 heterocycles. The number of amides is 1. The molecule has 0 bridgehead atoms. The maximum Gasteiger partial charge on any atom is 0.259 e. The molecule has 0 unspecified atom stereocenters. The van der Waals surface area contributed by atoms with Gasteiger partial charge < -0.3 is 14.6 Å². The molecule has 7 nitrogen and oxygen atoms in total. The third-order valence-corrected chi connectivity index (χ3v) is 3.68. The molecule has 7 heteroatoms. The summed E-state index contributed by atoms with van der Waals surface area (Å²) in [7, 11) is 1.54. The largest absolute Gasteiger partial charge is 0.481 e. The van der Waals surface area contributed by atoms with Crippen molar-refractivity contribution in [1.82, 2.24) is 15.1 Å². The predicted molar refractivity (Wildman–Crippen MR) is 89.4 cm³/mol. The zero-order valence-electron chi connectivity index (χ0n) is 14.0. The predicted octanol–water partition coefficient (Wildman–Crippen LogP) is 3.31. The highest BCUT2D eigenvalue weighted by Crippen LogP contribution is 2.26.